The van der Waals surface area contributed by atoms with Gasteiger partial charge >= 0.3 is 0 Å². The Morgan fingerprint density at radius 3 is 2.60 bits per heavy atom. The minimum absolute atomic E-state index is 0.132. The van der Waals surface area contributed by atoms with Crippen LogP contribution in [0.15, 0.2) is 18.2 Å². The van der Waals surface area contributed by atoms with Crippen molar-refractivity contribution in [2.75, 3.05) is 0 Å². The first-order chi connectivity index (χ1) is 6.80. The van der Waals surface area contributed by atoms with Crippen LogP contribution in [0.5, 0.6) is 0 Å². The Kier molecular flexibility index (Phi) is 3.47. The Labute approximate surface area is 92.7 Å². The topological polar surface area (TPSA) is 37.3 Å². The molecule has 0 spiro atoms. The zero-order valence-electron chi connectivity index (χ0n) is 8.55. The fraction of sp³-hybridized carbons (Fsp3) is 0.364. The summed E-state index contributed by atoms with van der Waals surface area (Å²) >= 11 is 5.57. The smallest absolute Gasteiger partial charge is 0.168 e. The Bertz CT molecular complexity index is 383. The quantitative estimate of drug-likeness (QED) is 0.866. The number of carbonyl (C=O) groups excluding carboxylic acids is 1. The molecule has 1 aromatic carbocycles. The first-order valence-electron chi connectivity index (χ1n) is 4.50. The van der Waals surface area contributed by atoms with Gasteiger partial charge in [-0.05, 0) is 31.5 Å². The van der Waals surface area contributed by atoms with Crippen molar-refractivity contribution in [1.82, 2.24) is 0 Å². The molecule has 1 N–H and O–H groups in total. The van der Waals surface area contributed by atoms with E-state index in [0.29, 0.717) is 0 Å². The van der Waals surface area contributed by atoms with Crippen LogP contribution in [0.3, 0.4) is 0 Å². The highest BCUT2D eigenvalue weighted by Crippen LogP contribution is 2.17. The second-order valence-electron chi connectivity index (χ2n) is 3.89. The van der Waals surface area contributed by atoms with Gasteiger partial charge < -0.3 is 5.11 Å². The van der Waals surface area contributed by atoms with Gasteiger partial charge in [-0.15, -0.1) is 0 Å². The van der Waals surface area contributed by atoms with Crippen LogP contribution in [0.2, 0.25) is 5.02 Å². The molecule has 0 aliphatic heterocycles. The van der Waals surface area contributed by atoms with Gasteiger partial charge in [-0.1, -0.05) is 17.7 Å². The number of hydrogen-bond donors (Lipinski definition) is 1. The van der Waals surface area contributed by atoms with Crippen LogP contribution in [0.1, 0.15) is 19.4 Å². The molecule has 1 rings (SSSR count). The third-order valence-corrected chi connectivity index (χ3v) is 2.28. The number of hydrogen-bond acceptors (Lipinski definition) is 2. The lowest BCUT2D eigenvalue weighted by Gasteiger charge is -2.15. The van der Waals surface area contributed by atoms with E-state index < -0.39 is 17.2 Å². The molecule has 0 heterocycles. The molecule has 82 valence electrons. The highest BCUT2D eigenvalue weighted by Gasteiger charge is 2.24. The Hall–Kier alpha value is -0.930. The maximum absolute atomic E-state index is 13.3. The van der Waals surface area contributed by atoms with Gasteiger partial charge in [-0.25, -0.2) is 4.39 Å². The van der Waals surface area contributed by atoms with Crippen molar-refractivity contribution < 1.29 is 14.3 Å². The fourth-order valence-electron chi connectivity index (χ4n) is 1.05. The summed E-state index contributed by atoms with van der Waals surface area (Å²) < 4.78 is 13.3. The molecule has 0 aliphatic rings. The molecule has 0 radical (unpaired) electrons. The standard InChI is InChI=1S/C11H12ClFO2/c1-11(2,15)10(14)5-7-3-4-8(12)6-9(7)13/h3-4,6,15H,5H2,1-2H3. The van der Waals surface area contributed by atoms with Crippen molar-refractivity contribution in [1.29, 1.82) is 0 Å². The van der Waals surface area contributed by atoms with E-state index in [-0.39, 0.29) is 17.0 Å². The summed E-state index contributed by atoms with van der Waals surface area (Å²) in [4.78, 5) is 11.4. The van der Waals surface area contributed by atoms with Gasteiger partial charge in [0, 0.05) is 11.4 Å². The number of aliphatic hydroxyl groups is 1. The van der Waals surface area contributed by atoms with Crippen molar-refractivity contribution >= 4 is 17.4 Å². The van der Waals surface area contributed by atoms with Crippen LogP contribution in [-0.4, -0.2) is 16.5 Å². The number of benzene rings is 1. The molecule has 0 aromatic heterocycles. The van der Waals surface area contributed by atoms with E-state index in [1.165, 1.54) is 26.0 Å². The molecule has 4 heteroatoms. The normalized spacial score (nSPS) is 11.5. The minimum atomic E-state index is -1.44. The highest BCUT2D eigenvalue weighted by molar-refractivity contribution is 6.30. The zero-order chi connectivity index (χ0) is 11.6. The monoisotopic (exact) mass is 230 g/mol. The van der Waals surface area contributed by atoms with Crippen molar-refractivity contribution in [3.8, 4) is 0 Å². The molecule has 0 amide bonds. The maximum atomic E-state index is 13.3. The van der Waals surface area contributed by atoms with E-state index in [2.05, 4.69) is 0 Å². The van der Waals surface area contributed by atoms with E-state index >= 15 is 0 Å². The molecule has 2 nitrogen and oxygen atoms in total. The Morgan fingerprint density at radius 2 is 2.13 bits per heavy atom. The average molecular weight is 231 g/mol. The van der Waals surface area contributed by atoms with Gasteiger partial charge in [0.2, 0.25) is 0 Å². The lowest BCUT2D eigenvalue weighted by molar-refractivity contribution is -0.133. The predicted molar refractivity (Wildman–Crippen MR) is 56.4 cm³/mol. The van der Waals surface area contributed by atoms with Crippen LogP contribution in [0, 0.1) is 5.82 Å². The lowest BCUT2D eigenvalue weighted by atomic mass is 9.97. The molecule has 0 bridgehead atoms. The third-order valence-electron chi connectivity index (χ3n) is 2.05. The number of rotatable bonds is 3. The second kappa shape index (κ2) is 4.29. The summed E-state index contributed by atoms with van der Waals surface area (Å²) in [5, 5.41) is 9.68. The van der Waals surface area contributed by atoms with Crippen LogP contribution in [-0.2, 0) is 11.2 Å². The fourth-order valence-corrected chi connectivity index (χ4v) is 1.21. The van der Waals surface area contributed by atoms with Gasteiger partial charge in [0.1, 0.15) is 11.4 Å². The second-order valence-corrected chi connectivity index (χ2v) is 4.33. The number of halogens is 2. The molecule has 0 aliphatic carbocycles. The predicted octanol–water partition coefficient (Wildman–Crippen LogP) is 2.36. The van der Waals surface area contributed by atoms with E-state index in [4.69, 9.17) is 11.6 Å². The van der Waals surface area contributed by atoms with Crippen molar-refractivity contribution in [2.45, 2.75) is 25.9 Å². The summed E-state index contributed by atoms with van der Waals surface area (Å²) in [5.74, 6) is -0.955. The first kappa shape index (κ1) is 12.1. The maximum Gasteiger partial charge on any atom is 0.168 e. The molecule has 1 aromatic rings. The molecule has 0 unspecified atom stereocenters. The van der Waals surface area contributed by atoms with Crippen molar-refractivity contribution in [2.24, 2.45) is 0 Å². The van der Waals surface area contributed by atoms with Gasteiger partial charge in [-0.2, -0.15) is 0 Å². The third kappa shape index (κ3) is 3.29. The number of carbonyl (C=O) groups is 1. The highest BCUT2D eigenvalue weighted by atomic mass is 35.5. The Balaban J connectivity index is 2.87. The Morgan fingerprint density at radius 1 is 1.53 bits per heavy atom. The van der Waals surface area contributed by atoms with Crippen LogP contribution in [0.25, 0.3) is 0 Å². The minimum Gasteiger partial charge on any atom is -0.383 e. The SMILES string of the molecule is CC(C)(O)C(=O)Cc1ccc(Cl)cc1F. The van der Waals surface area contributed by atoms with E-state index in [1.807, 2.05) is 0 Å². The van der Waals surface area contributed by atoms with E-state index in [1.54, 1.807) is 0 Å². The zero-order valence-corrected chi connectivity index (χ0v) is 9.31. The summed E-state index contributed by atoms with van der Waals surface area (Å²) in [5.41, 5.74) is -1.20. The molecule has 0 saturated carbocycles. The van der Waals surface area contributed by atoms with E-state index in [9.17, 15) is 14.3 Å². The molecular formula is C11H12ClFO2. The van der Waals surface area contributed by atoms with E-state index in [0.717, 1.165) is 6.07 Å². The lowest BCUT2D eigenvalue weighted by Crippen LogP contribution is -2.32. The van der Waals surface area contributed by atoms with Crippen molar-refractivity contribution in [3.63, 3.8) is 0 Å². The van der Waals surface area contributed by atoms with Gasteiger partial charge in [0.15, 0.2) is 5.78 Å². The summed E-state index contributed by atoms with van der Waals surface area (Å²) in [6.45, 7) is 2.76. The van der Waals surface area contributed by atoms with Gasteiger partial charge in [0.05, 0.1) is 0 Å². The average Bonchev–Trinajstić information content (AvgIpc) is 2.08. The first-order valence-corrected chi connectivity index (χ1v) is 4.88. The molecule has 0 atom stereocenters. The largest absolute Gasteiger partial charge is 0.383 e. The van der Waals surface area contributed by atoms with Crippen molar-refractivity contribution in [3.05, 3.63) is 34.6 Å². The van der Waals surface area contributed by atoms with Gasteiger partial charge in [0.25, 0.3) is 0 Å². The number of ketones is 1. The number of Topliss-reactive ketones (excluding diaryl/α,β-unsaturated/α-hetero) is 1. The molecule has 15 heavy (non-hydrogen) atoms. The van der Waals surface area contributed by atoms with Gasteiger partial charge in [-0.3, -0.25) is 4.79 Å². The summed E-state index contributed by atoms with van der Waals surface area (Å²) in [6.07, 6.45) is -0.132. The summed E-state index contributed by atoms with van der Waals surface area (Å²) in [7, 11) is 0. The van der Waals surface area contributed by atoms with Crippen LogP contribution < -0.4 is 0 Å². The summed E-state index contributed by atoms with van der Waals surface area (Å²) in [6, 6.07) is 4.10. The molecule has 0 saturated heterocycles. The van der Waals surface area contributed by atoms with Crippen LogP contribution >= 0.6 is 11.6 Å². The molecule has 0 fully saturated rings. The van der Waals surface area contributed by atoms with Crippen LogP contribution in [0.4, 0.5) is 4.39 Å². The molecular weight excluding hydrogens is 219 g/mol.